The van der Waals surface area contributed by atoms with Crippen molar-refractivity contribution in [2.45, 2.75) is 52.5 Å². The summed E-state index contributed by atoms with van der Waals surface area (Å²) >= 11 is 0. The molecule has 0 aromatic carbocycles. The van der Waals surface area contributed by atoms with Crippen LogP contribution in [0.15, 0.2) is 0 Å². The Morgan fingerprint density at radius 1 is 1.13 bits per heavy atom. The minimum atomic E-state index is 0.329. The predicted octanol–water partition coefficient (Wildman–Crippen LogP) is 2.68. The third-order valence-corrected chi connectivity index (χ3v) is 4.47. The van der Waals surface area contributed by atoms with E-state index >= 15 is 0 Å². The Hall–Kier alpha value is -0.530. The number of rotatable bonds is 1. The van der Waals surface area contributed by atoms with Gasteiger partial charge in [-0.25, -0.2) is 0 Å². The van der Waals surface area contributed by atoms with E-state index < -0.39 is 0 Å². The van der Waals surface area contributed by atoms with Crippen LogP contribution in [0.5, 0.6) is 0 Å². The highest BCUT2D eigenvalue weighted by Crippen LogP contribution is 2.37. The van der Waals surface area contributed by atoms with Crippen LogP contribution in [0.25, 0.3) is 0 Å². The summed E-state index contributed by atoms with van der Waals surface area (Å²) in [6.45, 7) is 7.75. The Morgan fingerprint density at radius 2 is 1.73 bits per heavy atom. The zero-order valence-corrected chi connectivity index (χ0v) is 10.2. The highest BCUT2D eigenvalue weighted by atomic mass is 16.2. The zero-order chi connectivity index (χ0) is 11.0. The summed E-state index contributed by atoms with van der Waals surface area (Å²) < 4.78 is 0. The van der Waals surface area contributed by atoms with Crippen LogP contribution in [0.4, 0.5) is 0 Å². The fourth-order valence-corrected chi connectivity index (χ4v) is 3.16. The van der Waals surface area contributed by atoms with Gasteiger partial charge in [0, 0.05) is 18.5 Å². The van der Waals surface area contributed by atoms with Gasteiger partial charge < -0.3 is 4.90 Å². The molecule has 1 saturated carbocycles. The van der Waals surface area contributed by atoms with Gasteiger partial charge in [0.15, 0.2) is 0 Å². The fourth-order valence-electron chi connectivity index (χ4n) is 3.16. The summed E-state index contributed by atoms with van der Waals surface area (Å²) in [7, 11) is 0. The highest BCUT2D eigenvalue weighted by molar-refractivity contribution is 5.79. The summed E-state index contributed by atoms with van der Waals surface area (Å²) in [5, 5.41) is 0. The maximum absolute atomic E-state index is 12.3. The van der Waals surface area contributed by atoms with E-state index in [1.54, 1.807) is 0 Å². The minimum absolute atomic E-state index is 0.329. The van der Waals surface area contributed by atoms with Crippen molar-refractivity contribution in [1.29, 1.82) is 0 Å². The molecule has 3 atom stereocenters. The molecule has 0 spiro atoms. The van der Waals surface area contributed by atoms with Crippen molar-refractivity contribution in [2.24, 2.45) is 17.8 Å². The first-order chi connectivity index (χ1) is 7.09. The molecule has 1 saturated heterocycles. The average molecular weight is 209 g/mol. The summed E-state index contributed by atoms with van der Waals surface area (Å²) in [5.74, 6) is 2.24. The van der Waals surface area contributed by atoms with E-state index in [9.17, 15) is 4.79 Å². The largest absolute Gasteiger partial charge is 0.340 e. The molecule has 1 aliphatic heterocycles. The second-order valence-electron chi connectivity index (χ2n) is 5.65. The number of hydrogen-bond acceptors (Lipinski definition) is 1. The Kier molecular flexibility index (Phi) is 3.03. The molecule has 86 valence electrons. The van der Waals surface area contributed by atoms with E-state index in [0.29, 0.717) is 17.9 Å². The highest BCUT2D eigenvalue weighted by Gasteiger charge is 2.37. The van der Waals surface area contributed by atoms with Gasteiger partial charge in [-0.1, -0.05) is 13.8 Å². The van der Waals surface area contributed by atoms with Crippen molar-refractivity contribution in [2.75, 3.05) is 6.54 Å². The minimum Gasteiger partial charge on any atom is -0.340 e. The van der Waals surface area contributed by atoms with Crippen molar-refractivity contribution in [1.82, 2.24) is 4.90 Å². The molecule has 2 rings (SSSR count). The van der Waals surface area contributed by atoms with Crippen molar-refractivity contribution in [3.8, 4) is 0 Å². The molecule has 1 aliphatic carbocycles. The molecule has 15 heavy (non-hydrogen) atoms. The number of likely N-dealkylation sites (tertiary alicyclic amines) is 1. The van der Waals surface area contributed by atoms with Gasteiger partial charge in [-0.3, -0.25) is 4.79 Å². The lowest BCUT2D eigenvalue weighted by molar-refractivity contribution is -0.136. The molecule has 0 aromatic rings. The standard InChI is InChI=1S/C13H23NO/c1-9-7-12(8-10(9)2)13(15)14-6-4-5-11(14)3/h9-12H,4-8H2,1-3H3. The molecule has 2 aliphatic rings. The second-order valence-corrected chi connectivity index (χ2v) is 5.65. The average Bonchev–Trinajstić information content (AvgIpc) is 2.74. The van der Waals surface area contributed by atoms with Crippen LogP contribution >= 0.6 is 0 Å². The van der Waals surface area contributed by atoms with E-state index in [-0.39, 0.29) is 0 Å². The number of carbonyl (C=O) groups is 1. The molecule has 2 heteroatoms. The molecule has 2 nitrogen and oxygen atoms in total. The summed E-state index contributed by atoms with van der Waals surface area (Å²) in [6.07, 6.45) is 4.63. The van der Waals surface area contributed by atoms with Crippen molar-refractivity contribution < 1.29 is 4.79 Å². The van der Waals surface area contributed by atoms with Crippen LogP contribution in [0.3, 0.4) is 0 Å². The SMILES string of the molecule is CC1CC(C(=O)N2CCCC2C)CC1C. The van der Waals surface area contributed by atoms with Crippen LogP contribution < -0.4 is 0 Å². The Morgan fingerprint density at radius 3 is 2.20 bits per heavy atom. The van der Waals surface area contributed by atoms with Crippen molar-refractivity contribution in [3.05, 3.63) is 0 Å². The van der Waals surface area contributed by atoms with Crippen LogP contribution in [0.1, 0.15) is 46.5 Å². The molecule has 0 bridgehead atoms. The van der Waals surface area contributed by atoms with Gasteiger partial charge in [0.2, 0.25) is 5.91 Å². The fraction of sp³-hybridized carbons (Fsp3) is 0.923. The van der Waals surface area contributed by atoms with Gasteiger partial charge in [0.05, 0.1) is 0 Å². The maximum atomic E-state index is 12.3. The van der Waals surface area contributed by atoms with Crippen LogP contribution in [0, 0.1) is 17.8 Å². The third-order valence-electron chi connectivity index (χ3n) is 4.47. The zero-order valence-electron chi connectivity index (χ0n) is 10.2. The third kappa shape index (κ3) is 2.04. The van der Waals surface area contributed by atoms with E-state index in [1.807, 2.05) is 0 Å². The molecule has 1 amide bonds. The van der Waals surface area contributed by atoms with E-state index in [4.69, 9.17) is 0 Å². The molecule has 1 heterocycles. The van der Waals surface area contributed by atoms with E-state index in [2.05, 4.69) is 25.7 Å². The Balaban J connectivity index is 1.97. The van der Waals surface area contributed by atoms with Gasteiger partial charge >= 0.3 is 0 Å². The normalized spacial score (nSPS) is 41.1. The first kappa shape index (κ1) is 11.0. The Bertz CT molecular complexity index is 241. The number of hydrogen-bond donors (Lipinski definition) is 0. The Labute approximate surface area is 93.0 Å². The van der Waals surface area contributed by atoms with Crippen LogP contribution in [0.2, 0.25) is 0 Å². The topological polar surface area (TPSA) is 20.3 Å². The lowest BCUT2D eigenvalue weighted by Crippen LogP contribution is -2.37. The number of amides is 1. The molecular formula is C13H23NO. The number of nitrogens with zero attached hydrogens (tertiary/aromatic N) is 1. The molecule has 0 radical (unpaired) electrons. The summed E-state index contributed by atoms with van der Waals surface area (Å²) in [5.41, 5.74) is 0. The van der Waals surface area contributed by atoms with Gasteiger partial charge in [-0.2, -0.15) is 0 Å². The van der Waals surface area contributed by atoms with Gasteiger partial charge in [0.25, 0.3) is 0 Å². The molecule has 3 unspecified atom stereocenters. The van der Waals surface area contributed by atoms with Crippen LogP contribution in [-0.4, -0.2) is 23.4 Å². The molecule has 0 N–H and O–H groups in total. The monoisotopic (exact) mass is 209 g/mol. The van der Waals surface area contributed by atoms with Crippen molar-refractivity contribution >= 4 is 5.91 Å². The van der Waals surface area contributed by atoms with Crippen LogP contribution in [-0.2, 0) is 4.79 Å². The molecular weight excluding hydrogens is 186 g/mol. The quantitative estimate of drug-likeness (QED) is 0.650. The second kappa shape index (κ2) is 4.15. The maximum Gasteiger partial charge on any atom is 0.225 e. The van der Waals surface area contributed by atoms with Gasteiger partial charge in [-0.15, -0.1) is 0 Å². The first-order valence-corrected chi connectivity index (χ1v) is 6.40. The smallest absolute Gasteiger partial charge is 0.225 e. The van der Waals surface area contributed by atoms with E-state index in [1.165, 1.54) is 12.8 Å². The van der Waals surface area contributed by atoms with Gasteiger partial charge in [0.1, 0.15) is 0 Å². The van der Waals surface area contributed by atoms with Gasteiger partial charge in [-0.05, 0) is 44.4 Å². The summed E-state index contributed by atoms with van der Waals surface area (Å²) in [4.78, 5) is 14.4. The molecule has 0 aromatic heterocycles. The lowest BCUT2D eigenvalue weighted by Gasteiger charge is -2.24. The number of carbonyl (C=O) groups excluding carboxylic acids is 1. The predicted molar refractivity (Wildman–Crippen MR) is 61.5 cm³/mol. The lowest BCUT2D eigenvalue weighted by atomic mass is 10.0. The first-order valence-electron chi connectivity index (χ1n) is 6.40. The molecule has 2 fully saturated rings. The van der Waals surface area contributed by atoms with E-state index in [0.717, 1.165) is 31.2 Å². The van der Waals surface area contributed by atoms with Crippen molar-refractivity contribution in [3.63, 3.8) is 0 Å². The summed E-state index contributed by atoms with van der Waals surface area (Å²) in [6, 6.07) is 0.490.